The highest BCUT2D eigenvalue weighted by Gasteiger charge is 2.04. The Morgan fingerprint density at radius 1 is 1.45 bits per heavy atom. The molecule has 0 atom stereocenters. The zero-order chi connectivity index (χ0) is 8.43. The molecule has 0 fully saturated rings. The van der Waals surface area contributed by atoms with Crippen molar-refractivity contribution in [2.75, 3.05) is 12.8 Å². The van der Waals surface area contributed by atoms with Gasteiger partial charge < -0.3 is 15.6 Å². The lowest BCUT2D eigenvalue weighted by molar-refractivity contribution is 0.414. The molecule has 3 N–H and O–H groups in total. The molecule has 0 unspecified atom stereocenters. The van der Waals surface area contributed by atoms with Gasteiger partial charge in [-0.05, 0) is 19.1 Å². The molecule has 0 spiro atoms. The van der Waals surface area contributed by atoms with Crippen molar-refractivity contribution in [1.29, 1.82) is 0 Å². The van der Waals surface area contributed by atoms with Gasteiger partial charge in [0.05, 0.1) is 12.8 Å². The number of anilines is 1. The van der Waals surface area contributed by atoms with Crippen LogP contribution in [0.25, 0.3) is 0 Å². The van der Waals surface area contributed by atoms with Gasteiger partial charge >= 0.3 is 0 Å². The van der Waals surface area contributed by atoms with Crippen LogP contribution in [-0.2, 0) is 0 Å². The van der Waals surface area contributed by atoms with Crippen LogP contribution in [0.3, 0.4) is 0 Å². The van der Waals surface area contributed by atoms with Gasteiger partial charge in [0.2, 0.25) is 0 Å². The number of aromatic hydroxyl groups is 1. The maximum absolute atomic E-state index is 9.18. The summed E-state index contributed by atoms with van der Waals surface area (Å²) in [6.45, 7) is 1.74. The third-order valence-electron chi connectivity index (χ3n) is 1.67. The first-order valence-corrected chi connectivity index (χ1v) is 3.29. The summed E-state index contributed by atoms with van der Waals surface area (Å²) >= 11 is 0. The first kappa shape index (κ1) is 7.72. The fourth-order valence-electron chi connectivity index (χ4n) is 0.870. The van der Waals surface area contributed by atoms with Crippen molar-refractivity contribution in [1.82, 2.24) is 0 Å². The van der Waals surface area contributed by atoms with Crippen molar-refractivity contribution >= 4 is 5.69 Å². The average molecular weight is 153 g/mol. The van der Waals surface area contributed by atoms with Crippen LogP contribution in [0.4, 0.5) is 5.69 Å². The molecule has 1 aromatic rings. The smallest absolute Gasteiger partial charge is 0.142 e. The van der Waals surface area contributed by atoms with Crippen LogP contribution in [0.2, 0.25) is 0 Å². The van der Waals surface area contributed by atoms with Gasteiger partial charge in [0.1, 0.15) is 11.5 Å². The molecule has 0 saturated carbocycles. The molecule has 60 valence electrons. The van der Waals surface area contributed by atoms with E-state index in [-0.39, 0.29) is 5.75 Å². The molecule has 0 saturated heterocycles. The number of benzene rings is 1. The highest BCUT2D eigenvalue weighted by Crippen LogP contribution is 2.30. The normalized spacial score (nSPS) is 9.64. The summed E-state index contributed by atoms with van der Waals surface area (Å²) in [5, 5.41) is 9.18. The number of nitrogen functional groups attached to an aromatic ring is 1. The zero-order valence-corrected chi connectivity index (χ0v) is 6.59. The number of phenols is 1. The minimum atomic E-state index is 0.198. The molecular formula is C8H11NO2. The summed E-state index contributed by atoms with van der Waals surface area (Å²) in [5.41, 5.74) is 6.76. The van der Waals surface area contributed by atoms with Gasteiger partial charge in [-0.2, -0.15) is 0 Å². The number of methoxy groups -OCH3 is 1. The summed E-state index contributed by atoms with van der Waals surface area (Å²) in [6, 6.07) is 3.20. The van der Waals surface area contributed by atoms with Crippen LogP contribution < -0.4 is 10.5 Å². The summed E-state index contributed by atoms with van der Waals surface area (Å²) in [6.07, 6.45) is 0. The molecule has 1 aromatic carbocycles. The Balaban J connectivity index is 3.25. The third-order valence-corrected chi connectivity index (χ3v) is 1.67. The molecule has 0 bridgehead atoms. The van der Waals surface area contributed by atoms with Crippen molar-refractivity contribution in [3.05, 3.63) is 17.7 Å². The highest BCUT2D eigenvalue weighted by molar-refractivity contribution is 5.62. The van der Waals surface area contributed by atoms with Crippen molar-refractivity contribution in [2.45, 2.75) is 6.92 Å². The zero-order valence-electron chi connectivity index (χ0n) is 6.59. The molecule has 11 heavy (non-hydrogen) atoms. The van der Waals surface area contributed by atoms with Crippen molar-refractivity contribution in [3.8, 4) is 11.5 Å². The van der Waals surface area contributed by atoms with E-state index in [1.807, 2.05) is 0 Å². The van der Waals surface area contributed by atoms with Gasteiger partial charge in [-0.25, -0.2) is 0 Å². The van der Waals surface area contributed by atoms with Crippen molar-refractivity contribution in [2.24, 2.45) is 0 Å². The number of hydrogen-bond acceptors (Lipinski definition) is 3. The first-order chi connectivity index (χ1) is 5.16. The van der Waals surface area contributed by atoms with Gasteiger partial charge in [0.25, 0.3) is 0 Å². The molecule has 3 nitrogen and oxygen atoms in total. The quantitative estimate of drug-likeness (QED) is 0.598. The van der Waals surface area contributed by atoms with Crippen LogP contribution in [-0.4, -0.2) is 12.2 Å². The molecule has 1 rings (SSSR count). The van der Waals surface area contributed by atoms with Crippen molar-refractivity contribution in [3.63, 3.8) is 0 Å². The van der Waals surface area contributed by atoms with Gasteiger partial charge in [-0.1, -0.05) is 0 Å². The number of hydrogen-bond donors (Lipinski definition) is 2. The van der Waals surface area contributed by atoms with Gasteiger partial charge in [0, 0.05) is 5.56 Å². The van der Waals surface area contributed by atoms with E-state index in [1.165, 1.54) is 0 Å². The number of ether oxygens (including phenoxy) is 1. The van der Waals surface area contributed by atoms with Crippen LogP contribution in [0.1, 0.15) is 5.56 Å². The Bertz CT molecular complexity index is 271. The van der Waals surface area contributed by atoms with Crippen LogP contribution in [0, 0.1) is 6.92 Å². The van der Waals surface area contributed by atoms with E-state index >= 15 is 0 Å². The Morgan fingerprint density at radius 3 is 2.64 bits per heavy atom. The fourth-order valence-corrected chi connectivity index (χ4v) is 0.870. The summed E-state index contributed by atoms with van der Waals surface area (Å²) in [7, 11) is 1.54. The van der Waals surface area contributed by atoms with E-state index < -0.39 is 0 Å². The lowest BCUT2D eigenvalue weighted by atomic mass is 10.1. The maximum atomic E-state index is 9.18. The number of phenolic OH excluding ortho intramolecular Hbond substituents is 1. The largest absolute Gasteiger partial charge is 0.508 e. The predicted molar refractivity (Wildman–Crippen MR) is 43.8 cm³/mol. The average Bonchev–Trinajstić information content (AvgIpc) is 2.01. The summed E-state index contributed by atoms with van der Waals surface area (Å²) < 4.78 is 4.94. The van der Waals surface area contributed by atoms with Crippen molar-refractivity contribution < 1.29 is 9.84 Å². The predicted octanol–water partition coefficient (Wildman–Crippen LogP) is 1.29. The van der Waals surface area contributed by atoms with Gasteiger partial charge in [-0.3, -0.25) is 0 Å². The standard InChI is InChI=1S/C8H11NO2/c1-5-6(10)3-4-7(11-2)8(5)9/h3-4,10H,9H2,1-2H3. The second-order valence-corrected chi connectivity index (χ2v) is 2.33. The van der Waals surface area contributed by atoms with E-state index in [2.05, 4.69) is 0 Å². The van der Waals surface area contributed by atoms with E-state index in [4.69, 9.17) is 10.5 Å². The Hall–Kier alpha value is -1.38. The van der Waals surface area contributed by atoms with E-state index in [1.54, 1.807) is 26.2 Å². The SMILES string of the molecule is COc1ccc(O)c(C)c1N. The molecular weight excluding hydrogens is 142 g/mol. The Morgan fingerprint density at radius 2 is 2.09 bits per heavy atom. The molecule has 0 aliphatic heterocycles. The number of nitrogens with two attached hydrogens (primary N) is 1. The van der Waals surface area contributed by atoms with E-state index in [0.717, 1.165) is 0 Å². The third kappa shape index (κ3) is 1.22. The summed E-state index contributed by atoms with van der Waals surface area (Å²) in [4.78, 5) is 0. The lowest BCUT2D eigenvalue weighted by Gasteiger charge is -2.07. The Labute approximate surface area is 65.4 Å². The van der Waals surface area contributed by atoms with E-state index in [9.17, 15) is 5.11 Å². The van der Waals surface area contributed by atoms with Crippen LogP contribution in [0.15, 0.2) is 12.1 Å². The van der Waals surface area contributed by atoms with E-state index in [0.29, 0.717) is 17.0 Å². The second kappa shape index (κ2) is 2.70. The monoisotopic (exact) mass is 153 g/mol. The molecule has 0 amide bonds. The second-order valence-electron chi connectivity index (χ2n) is 2.33. The van der Waals surface area contributed by atoms with Gasteiger partial charge in [-0.15, -0.1) is 0 Å². The summed E-state index contributed by atoms with van der Waals surface area (Å²) in [5.74, 6) is 0.795. The molecule has 0 aromatic heterocycles. The topological polar surface area (TPSA) is 55.5 Å². The maximum Gasteiger partial charge on any atom is 0.142 e. The minimum Gasteiger partial charge on any atom is -0.508 e. The van der Waals surface area contributed by atoms with Crippen LogP contribution in [0.5, 0.6) is 11.5 Å². The molecule has 0 aliphatic carbocycles. The first-order valence-electron chi connectivity index (χ1n) is 3.29. The van der Waals surface area contributed by atoms with Gasteiger partial charge in [0.15, 0.2) is 0 Å². The fraction of sp³-hybridized carbons (Fsp3) is 0.250. The minimum absolute atomic E-state index is 0.198. The number of rotatable bonds is 1. The van der Waals surface area contributed by atoms with Crippen LogP contribution >= 0.6 is 0 Å². The highest BCUT2D eigenvalue weighted by atomic mass is 16.5. The molecule has 3 heteroatoms. The molecule has 0 heterocycles. The molecule has 0 aliphatic rings. The molecule has 0 radical (unpaired) electrons. The lowest BCUT2D eigenvalue weighted by Crippen LogP contribution is -1.94. The Kier molecular flexibility index (Phi) is 1.89.